The van der Waals surface area contributed by atoms with Crippen LogP contribution in [0.2, 0.25) is 0 Å². The molecule has 1 aromatic carbocycles. The van der Waals surface area contributed by atoms with Crippen molar-refractivity contribution < 1.29 is 19.1 Å². The number of carbonyl (C=O) groups excluding carboxylic acids is 2. The van der Waals surface area contributed by atoms with E-state index in [1.165, 1.54) is 12.8 Å². The third kappa shape index (κ3) is 5.88. The van der Waals surface area contributed by atoms with Crippen LogP contribution < -0.4 is 20.1 Å². The van der Waals surface area contributed by atoms with Crippen LogP contribution in [-0.2, 0) is 16.0 Å². The molecular formula is C22H34N2O4. The van der Waals surface area contributed by atoms with Crippen LogP contribution in [0, 0.1) is 5.41 Å². The maximum Gasteiger partial charge on any atom is 0.235 e. The largest absolute Gasteiger partial charge is 0.493 e. The molecule has 0 unspecified atom stereocenters. The van der Waals surface area contributed by atoms with Crippen LogP contribution in [0.1, 0.15) is 57.9 Å². The predicted molar refractivity (Wildman–Crippen MR) is 110 cm³/mol. The van der Waals surface area contributed by atoms with Crippen molar-refractivity contribution in [1.82, 2.24) is 10.6 Å². The number of methoxy groups -OCH3 is 2. The summed E-state index contributed by atoms with van der Waals surface area (Å²) in [5.41, 5.74) is -0.0668. The molecule has 1 aliphatic rings. The highest BCUT2D eigenvalue weighted by Gasteiger charge is 2.36. The zero-order valence-corrected chi connectivity index (χ0v) is 17.6. The number of carbonyl (C=O) groups is 2. The summed E-state index contributed by atoms with van der Waals surface area (Å²) in [6, 6.07) is 5.88. The van der Waals surface area contributed by atoms with Gasteiger partial charge in [-0.25, -0.2) is 0 Å². The summed E-state index contributed by atoms with van der Waals surface area (Å²) in [7, 11) is 3.19. The van der Waals surface area contributed by atoms with Crippen LogP contribution in [-0.4, -0.2) is 38.6 Å². The predicted octanol–water partition coefficient (Wildman–Crippen LogP) is 3.23. The quantitative estimate of drug-likeness (QED) is 0.528. The Hall–Kier alpha value is -2.24. The highest BCUT2D eigenvalue weighted by atomic mass is 16.5. The Morgan fingerprint density at radius 1 is 1.00 bits per heavy atom. The summed E-state index contributed by atoms with van der Waals surface area (Å²) >= 11 is 0. The van der Waals surface area contributed by atoms with Crippen molar-refractivity contribution in [1.29, 1.82) is 0 Å². The van der Waals surface area contributed by atoms with E-state index in [-0.39, 0.29) is 17.9 Å². The molecular weight excluding hydrogens is 356 g/mol. The van der Waals surface area contributed by atoms with Gasteiger partial charge in [-0.2, -0.15) is 0 Å². The third-order valence-corrected chi connectivity index (χ3v) is 5.47. The minimum Gasteiger partial charge on any atom is -0.493 e. The van der Waals surface area contributed by atoms with E-state index in [4.69, 9.17) is 9.47 Å². The van der Waals surface area contributed by atoms with E-state index in [9.17, 15) is 9.59 Å². The van der Waals surface area contributed by atoms with Crippen molar-refractivity contribution in [3.8, 4) is 11.5 Å². The van der Waals surface area contributed by atoms with Gasteiger partial charge in [-0.1, -0.05) is 31.7 Å². The Labute approximate surface area is 168 Å². The van der Waals surface area contributed by atoms with Gasteiger partial charge in [-0.15, -0.1) is 0 Å². The molecule has 2 amide bonds. The average molecular weight is 391 g/mol. The molecule has 1 saturated carbocycles. The van der Waals surface area contributed by atoms with E-state index in [1.807, 2.05) is 18.2 Å². The van der Waals surface area contributed by atoms with Gasteiger partial charge in [-0.05, 0) is 50.8 Å². The molecule has 6 heteroatoms. The van der Waals surface area contributed by atoms with Crippen LogP contribution in [0.4, 0.5) is 0 Å². The molecule has 0 saturated heterocycles. The van der Waals surface area contributed by atoms with Gasteiger partial charge >= 0.3 is 0 Å². The average Bonchev–Trinajstić information content (AvgIpc) is 2.96. The monoisotopic (exact) mass is 390 g/mol. The summed E-state index contributed by atoms with van der Waals surface area (Å²) in [5, 5.41) is 5.98. The number of rotatable bonds is 8. The Morgan fingerprint density at radius 3 is 2.25 bits per heavy atom. The van der Waals surface area contributed by atoms with Crippen LogP contribution in [0.15, 0.2) is 18.2 Å². The molecule has 0 radical (unpaired) electrons. The first-order valence-electron chi connectivity index (χ1n) is 10.2. The number of amides is 2. The molecule has 0 atom stereocenters. The lowest BCUT2D eigenvalue weighted by Crippen LogP contribution is -2.50. The number of hydrogen-bond acceptors (Lipinski definition) is 4. The zero-order chi connectivity index (χ0) is 20.6. The summed E-state index contributed by atoms with van der Waals surface area (Å²) in [6.45, 7) is 3.82. The molecule has 2 N–H and O–H groups in total. The first-order valence-corrected chi connectivity index (χ1v) is 10.2. The van der Waals surface area contributed by atoms with E-state index in [1.54, 1.807) is 28.1 Å². The van der Waals surface area contributed by atoms with Crippen LogP contribution in [0.5, 0.6) is 11.5 Å². The standard InChI is InChI=1S/C22H34N2O4/c1-22(2,21(26)24-17-9-7-5-6-8-10-17)20(25)23-14-13-16-11-12-18(27-3)19(15-16)28-4/h11-12,15,17H,5-10,13-14H2,1-4H3,(H,23,25)(H,24,26). The first-order chi connectivity index (χ1) is 13.4. The number of hydrogen-bond donors (Lipinski definition) is 2. The fraction of sp³-hybridized carbons (Fsp3) is 0.636. The molecule has 0 aromatic heterocycles. The summed E-state index contributed by atoms with van der Waals surface area (Å²) in [4.78, 5) is 25.3. The summed E-state index contributed by atoms with van der Waals surface area (Å²) < 4.78 is 10.5. The second-order valence-electron chi connectivity index (χ2n) is 7.98. The Morgan fingerprint density at radius 2 is 1.64 bits per heavy atom. The van der Waals surface area contributed by atoms with Gasteiger partial charge in [0.15, 0.2) is 11.5 Å². The summed E-state index contributed by atoms with van der Waals surface area (Å²) in [6.07, 6.45) is 7.39. The number of benzene rings is 1. The lowest BCUT2D eigenvalue weighted by atomic mass is 9.90. The lowest BCUT2D eigenvalue weighted by Gasteiger charge is -2.26. The molecule has 28 heavy (non-hydrogen) atoms. The van der Waals surface area contributed by atoms with Crippen LogP contribution in [0.25, 0.3) is 0 Å². The van der Waals surface area contributed by atoms with E-state index in [0.29, 0.717) is 24.5 Å². The Bertz CT molecular complexity index is 665. The molecule has 0 spiro atoms. The molecule has 156 valence electrons. The first kappa shape index (κ1) is 22.1. The normalized spacial score (nSPS) is 15.4. The third-order valence-electron chi connectivity index (χ3n) is 5.47. The van der Waals surface area contributed by atoms with Gasteiger partial charge < -0.3 is 20.1 Å². The fourth-order valence-corrected chi connectivity index (χ4v) is 3.47. The molecule has 0 heterocycles. The van der Waals surface area contributed by atoms with E-state index in [2.05, 4.69) is 10.6 Å². The van der Waals surface area contributed by atoms with Crippen LogP contribution >= 0.6 is 0 Å². The van der Waals surface area contributed by atoms with Crippen molar-refractivity contribution in [2.75, 3.05) is 20.8 Å². The maximum atomic E-state index is 12.7. The van der Waals surface area contributed by atoms with Crippen molar-refractivity contribution in [2.45, 2.75) is 64.8 Å². The molecule has 1 aliphatic carbocycles. The van der Waals surface area contributed by atoms with Crippen molar-refractivity contribution in [2.24, 2.45) is 5.41 Å². The molecule has 2 rings (SSSR count). The van der Waals surface area contributed by atoms with Crippen molar-refractivity contribution >= 4 is 11.8 Å². The van der Waals surface area contributed by atoms with Gasteiger partial charge in [-0.3, -0.25) is 9.59 Å². The van der Waals surface area contributed by atoms with Gasteiger partial charge in [0.25, 0.3) is 0 Å². The van der Waals surface area contributed by atoms with E-state index < -0.39 is 5.41 Å². The number of ether oxygens (including phenoxy) is 2. The molecule has 0 bridgehead atoms. The van der Waals surface area contributed by atoms with Gasteiger partial charge in [0.1, 0.15) is 5.41 Å². The SMILES string of the molecule is COc1ccc(CCNC(=O)C(C)(C)C(=O)NC2CCCCCC2)cc1OC. The minimum atomic E-state index is -1.09. The van der Waals surface area contributed by atoms with E-state index >= 15 is 0 Å². The van der Waals surface area contributed by atoms with Crippen LogP contribution in [0.3, 0.4) is 0 Å². The van der Waals surface area contributed by atoms with Crippen molar-refractivity contribution in [3.63, 3.8) is 0 Å². The van der Waals surface area contributed by atoms with Crippen molar-refractivity contribution in [3.05, 3.63) is 23.8 Å². The summed E-state index contributed by atoms with van der Waals surface area (Å²) in [5.74, 6) is 0.892. The Balaban J connectivity index is 1.85. The second-order valence-corrected chi connectivity index (χ2v) is 7.98. The van der Waals surface area contributed by atoms with Gasteiger partial charge in [0.2, 0.25) is 11.8 Å². The van der Waals surface area contributed by atoms with E-state index in [0.717, 1.165) is 31.2 Å². The molecule has 0 aliphatic heterocycles. The highest BCUT2D eigenvalue weighted by Crippen LogP contribution is 2.27. The minimum absolute atomic E-state index is 0.189. The maximum absolute atomic E-state index is 12.7. The zero-order valence-electron chi connectivity index (χ0n) is 17.6. The topological polar surface area (TPSA) is 76.7 Å². The smallest absolute Gasteiger partial charge is 0.235 e. The molecule has 1 aromatic rings. The van der Waals surface area contributed by atoms with Gasteiger partial charge in [0, 0.05) is 12.6 Å². The fourth-order valence-electron chi connectivity index (χ4n) is 3.47. The highest BCUT2D eigenvalue weighted by molar-refractivity contribution is 6.04. The second kappa shape index (κ2) is 10.3. The lowest BCUT2D eigenvalue weighted by molar-refractivity contribution is -0.141. The van der Waals surface area contributed by atoms with Gasteiger partial charge in [0.05, 0.1) is 14.2 Å². The molecule has 1 fully saturated rings. The number of nitrogens with one attached hydrogen (secondary N) is 2. The Kier molecular flexibility index (Phi) is 8.15. The molecule has 6 nitrogen and oxygen atoms in total.